The minimum Gasteiger partial charge on any atom is -0.322 e. The summed E-state index contributed by atoms with van der Waals surface area (Å²) in [7, 11) is -3.61. The molecule has 3 aromatic rings. The number of benzene rings is 2. The fourth-order valence-corrected chi connectivity index (χ4v) is 4.16. The normalized spacial score (nSPS) is 14.0. The van der Waals surface area contributed by atoms with E-state index in [9.17, 15) is 13.2 Å². The summed E-state index contributed by atoms with van der Waals surface area (Å²) in [6.07, 6.45) is 6.93. The molecule has 1 aliphatic rings. The predicted octanol–water partition coefficient (Wildman–Crippen LogP) is 2.87. The maximum Gasteiger partial charge on any atom is 0.255 e. The van der Waals surface area contributed by atoms with Gasteiger partial charge in [0.25, 0.3) is 5.91 Å². The van der Waals surface area contributed by atoms with Gasteiger partial charge < -0.3 is 9.88 Å². The third-order valence-electron chi connectivity index (χ3n) is 4.59. The van der Waals surface area contributed by atoms with E-state index in [-0.39, 0.29) is 16.8 Å². The van der Waals surface area contributed by atoms with Crippen molar-refractivity contribution >= 4 is 21.6 Å². The second kappa shape index (κ2) is 7.21. The third-order valence-corrected chi connectivity index (χ3v) is 6.11. The molecule has 1 aromatic heterocycles. The zero-order chi connectivity index (χ0) is 19.7. The van der Waals surface area contributed by atoms with Gasteiger partial charge in [-0.2, -0.15) is 0 Å². The maximum absolute atomic E-state index is 12.7. The van der Waals surface area contributed by atoms with Gasteiger partial charge in [0.05, 0.1) is 11.2 Å². The fourth-order valence-electron chi connectivity index (χ4n) is 2.83. The maximum atomic E-state index is 12.7. The summed E-state index contributed by atoms with van der Waals surface area (Å²) in [5.41, 5.74) is 2.58. The van der Waals surface area contributed by atoms with E-state index < -0.39 is 10.0 Å². The Kier molecular flexibility index (Phi) is 4.74. The van der Waals surface area contributed by atoms with Crippen LogP contribution in [0.3, 0.4) is 0 Å². The quantitative estimate of drug-likeness (QED) is 0.670. The number of aryl methyl sites for hydroxylation is 1. The molecule has 1 saturated carbocycles. The molecule has 1 aliphatic carbocycles. The van der Waals surface area contributed by atoms with Gasteiger partial charge >= 0.3 is 0 Å². The van der Waals surface area contributed by atoms with Crippen LogP contribution in [0.15, 0.2) is 66.1 Å². The van der Waals surface area contributed by atoms with E-state index in [0.717, 1.165) is 18.5 Å². The molecule has 0 bridgehead atoms. The molecule has 4 rings (SSSR count). The van der Waals surface area contributed by atoms with Gasteiger partial charge in [-0.25, -0.2) is 18.1 Å². The highest BCUT2D eigenvalue weighted by Crippen LogP contribution is 2.24. The molecule has 1 heterocycles. The number of carbonyl (C=O) groups excluding carboxylic acids is 1. The molecule has 0 aliphatic heterocycles. The minimum absolute atomic E-state index is 0.0117. The third kappa shape index (κ3) is 3.97. The van der Waals surface area contributed by atoms with Crippen LogP contribution in [-0.2, 0) is 10.0 Å². The lowest BCUT2D eigenvalue weighted by Crippen LogP contribution is -2.26. The summed E-state index contributed by atoms with van der Waals surface area (Å²) in [5.74, 6) is -0.351. The van der Waals surface area contributed by atoms with Crippen molar-refractivity contribution < 1.29 is 13.2 Å². The number of carbonyl (C=O) groups is 1. The zero-order valence-electron chi connectivity index (χ0n) is 15.3. The summed E-state index contributed by atoms with van der Waals surface area (Å²) in [4.78, 5) is 16.8. The smallest absolute Gasteiger partial charge is 0.255 e. The summed E-state index contributed by atoms with van der Waals surface area (Å²) >= 11 is 0. The molecule has 8 heteroatoms. The molecule has 0 radical (unpaired) electrons. The Morgan fingerprint density at radius 2 is 1.89 bits per heavy atom. The Labute approximate surface area is 163 Å². The lowest BCUT2D eigenvalue weighted by atomic mass is 10.1. The molecule has 144 valence electrons. The summed E-state index contributed by atoms with van der Waals surface area (Å²) in [6.45, 7) is 1.78. The molecule has 0 spiro atoms. The highest BCUT2D eigenvalue weighted by atomic mass is 32.2. The van der Waals surface area contributed by atoms with Gasteiger partial charge in [0.1, 0.15) is 0 Å². The lowest BCUT2D eigenvalue weighted by Gasteiger charge is -2.11. The molecular formula is C20H20N4O3S. The second-order valence-corrected chi connectivity index (χ2v) is 8.56. The highest BCUT2D eigenvalue weighted by molar-refractivity contribution is 7.89. The largest absolute Gasteiger partial charge is 0.322 e. The number of nitrogens with one attached hydrogen (secondary N) is 2. The number of sulfonamides is 1. The molecule has 0 atom stereocenters. The van der Waals surface area contributed by atoms with E-state index in [0.29, 0.717) is 16.8 Å². The predicted molar refractivity (Wildman–Crippen MR) is 106 cm³/mol. The highest BCUT2D eigenvalue weighted by Gasteiger charge is 2.28. The molecule has 0 saturated heterocycles. The van der Waals surface area contributed by atoms with Crippen molar-refractivity contribution in [2.45, 2.75) is 30.7 Å². The van der Waals surface area contributed by atoms with E-state index in [1.807, 2.05) is 22.9 Å². The van der Waals surface area contributed by atoms with Gasteiger partial charge in [-0.3, -0.25) is 4.79 Å². The Bertz CT molecular complexity index is 1100. The number of amides is 1. The van der Waals surface area contributed by atoms with Crippen LogP contribution in [0.1, 0.15) is 28.8 Å². The van der Waals surface area contributed by atoms with Crippen LogP contribution in [0, 0.1) is 6.92 Å². The van der Waals surface area contributed by atoms with E-state index in [1.54, 1.807) is 37.6 Å². The van der Waals surface area contributed by atoms with Crippen molar-refractivity contribution in [3.8, 4) is 5.69 Å². The fraction of sp³-hybridized carbons (Fsp3) is 0.200. The van der Waals surface area contributed by atoms with E-state index in [1.165, 1.54) is 12.1 Å². The number of rotatable bonds is 6. The van der Waals surface area contributed by atoms with Gasteiger partial charge in [-0.15, -0.1) is 0 Å². The first kappa shape index (κ1) is 18.4. The van der Waals surface area contributed by atoms with Crippen molar-refractivity contribution in [1.82, 2.24) is 14.3 Å². The number of anilines is 1. The molecule has 7 nitrogen and oxygen atoms in total. The summed E-state index contributed by atoms with van der Waals surface area (Å²) < 4.78 is 29.3. The van der Waals surface area contributed by atoms with Crippen LogP contribution in [0.2, 0.25) is 0 Å². The van der Waals surface area contributed by atoms with Crippen LogP contribution in [0.25, 0.3) is 5.69 Å². The molecular weight excluding hydrogens is 376 g/mol. The van der Waals surface area contributed by atoms with E-state index >= 15 is 0 Å². The van der Waals surface area contributed by atoms with E-state index in [2.05, 4.69) is 15.0 Å². The van der Waals surface area contributed by atoms with Gasteiger partial charge in [0.2, 0.25) is 10.0 Å². The van der Waals surface area contributed by atoms with Crippen LogP contribution in [0.4, 0.5) is 5.69 Å². The SMILES string of the molecule is Cc1ccc(S(=O)(=O)NC2CC2)cc1C(=O)Nc1ccc(-n2ccnc2)cc1. The molecule has 28 heavy (non-hydrogen) atoms. The first-order chi connectivity index (χ1) is 13.4. The first-order valence-electron chi connectivity index (χ1n) is 8.95. The minimum atomic E-state index is -3.61. The van der Waals surface area contributed by atoms with Crippen LogP contribution >= 0.6 is 0 Å². The average Bonchev–Trinajstić information content (AvgIpc) is 3.30. The van der Waals surface area contributed by atoms with Gasteiger partial charge in [-0.05, 0) is 61.7 Å². The molecule has 1 amide bonds. The number of nitrogens with zero attached hydrogens (tertiary/aromatic N) is 2. The van der Waals surface area contributed by atoms with Crippen molar-refractivity contribution in [2.24, 2.45) is 0 Å². The van der Waals surface area contributed by atoms with Crippen molar-refractivity contribution in [2.75, 3.05) is 5.32 Å². The van der Waals surface area contributed by atoms with Crippen LogP contribution in [-0.4, -0.2) is 29.9 Å². The molecule has 0 unspecified atom stereocenters. The molecule has 1 fully saturated rings. The topological polar surface area (TPSA) is 93.1 Å². The molecule has 2 aromatic carbocycles. The Morgan fingerprint density at radius 3 is 2.54 bits per heavy atom. The molecule has 2 N–H and O–H groups in total. The number of hydrogen-bond donors (Lipinski definition) is 2. The number of imidazole rings is 1. The number of hydrogen-bond acceptors (Lipinski definition) is 4. The van der Waals surface area contributed by atoms with Gasteiger partial charge in [-0.1, -0.05) is 6.07 Å². The Morgan fingerprint density at radius 1 is 1.14 bits per heavy atom. The summed E-state index contributed by atoms with van der Waals surface area (Å²) in [5, 5.41) is 2.82. The summed E-state index contributed by atoms with van der Waals surface area (Å²) in [6, 6.07) is 11.9. The van der Waals surface area contributed by atoms with Gasteiger partial charge in [0, 0.05) is 35.4 Å². The number of aromatic nitrogens is 2. The monoisotopic (exact) mass is 396 g/mol. The lowest BCUT2D eigenvalue weighted by molar-refractivity contribution is 0.102. The van der Waals surface area contributed by atoms with E-state index in [4.69, 9.17) is 0 Å². The standard InChI is InChI=1S/C20H20N4O3S/c1-14-2-9-18(28(26,27)23-16-3-4-16)12-19(14)20(25)22-15-5-7-17(8-6-15)24-11-10-21-13-24/h2,5-13,16,23H,3-4H2,1H3,(H,22,25). The van der Waals surface area contributed by atoms with Crippen molar-refractivity contribution in [1.29, 1.82) is 0 Å². The van der Waals surface area contributed by atoms with Crippen LogP contribution in [0.5, 0.6) is 0 Å². The van der Waals surface area contributed by atoms with Crippen LogP contribution < -0.4 is 10.0 Å². The van der Waals surface area contributed by atoms with Crippen molar-refractivity contribution in [3.05, 3.63) is 72.3 Å². The van der Waals surface area contributed by atoms with Gasteiger partial charge in [0.15, 0.2) is 0 Å². The average molecular weight is 396 g/mol. The van der Waals surface area contributed by atoms with Crippen molar-refractivity contribution in [3.63, 3.8) is 0 Å². The second-order valence-electron chi connectivity index (χ2n) is 6.84. The Balaban J connectivity index is 1.53. The zero-order valence-corrected chi connectivity index (χ0v) is 16.1. The first-order valence-corrected chi connectivity index (χ1v) is 10.4. The Hall–Kier alpha value is -2.97.